The van der Waals surface area contributed by atoms with Gasteiger partial charge in [0.2, 0.25) is 5.91 Å². The van der Waals surface area contributed by atoms with Crippen LogP contribution in [0.1, 0.15) is 12.5 Å². The summed E-state index contributed by atoms with van der Waals surface area (Å²) in [6, 6.07) is 13.4. The maximum atomic E-state index is 12.9. The van der Waals surface area contributed by atoms with Gasteiger partial charge in [0.15, 0.2) is 0 Å². The minimum Gasteiger partial charge on any atom is -0.319 e. The Bertz CT molecular complexity index is 922. The Kier molecular flexibility index (Phi) is 5.26. The van der Waals surface area contributed by atoms with Crippen molar-refractivity contribution in [3.63, 3.8) is 0 Å². The van der Waals surface area contributed by atoms with Crippen LogP contribution in [-0.4, -0.2) is 36.3 Å². The molecule has 0 spiro atoms. The molecule has 0 aromatic heterocycles. The van der Waals surface area contributed by atoms with Crippen LogP contribution in [0.5, 0.6) is 0 Å². The van der Waals surface area contributed by atoms with E-state index in [1.165, 1.54) is 4.90 Å². The molecule has 1 unspecified atom stereocenters. The van der Waals surface area contributed by atoms with E-state index >= 15 is 0 Å². The predicted octanol–water partition coefficient (Wildman–Crippen LogP) is 3.53. The topological polar surface area (TPSA) is 69.7 Å². The number of hydrogen-bond donors (Lipinski definition) is 1. The van der Waals surface area contributed by atoms with Crippen molar-refractivity contribution in [3.05, 3.63) is 63.6 Å². The highest BCUT2D eigenvalue weighted by Gasteiger charge is 2.49. The molecule has 140 valence electrons. The second kappa shape index (κ2) is 7.32. The minimum atomic E-state index is -1.20. The lowest BCUT2D eigenvalue weighted by molar-refractivity contribution is -0.134. The van der Waals surface area contributed by atoms with Gasteiger partial charge in [0, 0.05) is 11.5 Å². The number of carbonyl (C=O) groups excluding carboxylic acids is 3. The van der Waals surface area contributed by atoms with Crippen LogP contribution in [-0.2, 0) is 15.1 Å². The molecule has 2 aromatic carbocycles. The van der Waals surface area contributed by atoms with Crippen LogP contribution in [0.4, 0.5) is 10.5 Å². The standard InChI is InChI=1S/C19H17BrClN3O3/c1-19(12-6-4-3-5-7-12)17(26)24(18(27)22-19)11-16(25)23(2)15-9-8-13(20)10-14(15)21/h3-10H,11H2,1-2H3,(H,22,27). The average molecular weight is 451 g/mol. The molecule has 4 amide bonds. The zero-order valence-corrected chi connectivity index (χ0v) is 17.0. The Morgan fingerprint density at radius 3 is 2.52 bits per heavy atom. The van der Waals surface area contributed by atoms with Crippen LogP contribution in [0.25, 0.3) is 0 Å². The van der Waals surface area contributed by atoms with Crippen LogP contribution < -0.4 is 10.2 Å². The maximum Gasteiger partial charge on any atom is 0.325 e. The monoisotopic (exact) mass is 449 g/mol. The average Bonchev–Trinajstić information content (AvgIpc) is 2.86. The number of likely N-dealkylation sites (N-methyl/N-ethyl adjacent to an activating group) is 1. The summed E-state index contributed by atoms with van der Waals surface area (Å²) in [6.07, 6.45) is 0. The van der Waals surface area contributed by atoms with E-state index in [2.05, 4.69) is 21.2 Å². The molecule has 1 fully saturated rings. The van der Waals surface area contributed by atoms with Gasteiger partial charge in [0.05, 0.1) is 10.7 Å². The molecule has 2 aromatic rings. The third-order valence-electron chi connectivity index (χ3n) is 4.56. The van der Waals surface area contributed by atoms with E-state index in [9.17, 15) is 14.4 Å². The first kappa shape index (κ1) is 19.4. The first-order chi connectivity index (χ1) is 12.7. The summed E-state index contributed by atoms with van der Waals surface area (Å²) in [5.41, 5.74) is -0.0581. The van der Waals surface area contributed by atoms with Crippen molar-refractivity contribution in [2.45, 2.75) is 12.5 Å². The van der Waals surface area contributed by atoms with Gasteiger partial charge in [-0.2, -0.15) is 0 Å². The van der Waals surface area contributed by atoms with Gasteiger partial charge < -0.3 is 10.2 Å². The summed E-state index contributed by atoms with van der Waals surface area (Å²) in [4.78, 5) is 40.2. The summed E-state index contributed by atoms with van der Waals surface area (Å²) in [5.74, 6) is -0.901. The van der Waals surface area contributed by atoms with Gasteiger partial charge in [-0.25, -0.2) is 4.79 Å². The molecule has 1 atom stereocenters. The molecule has 1 aliphatic heterocycles. The third kappa shape index (κ3) is 3.57. The van der Waals surface area contributed by atoms with Crippen molar-refractivity contribution in [2.24, 2.45) is 0 Å². The fourth-order valence-corrected chi connectivity index (χ4v) is 3.74. The Morgan fingerprint density at radius 1 is 1.22 bits per heavy atom. The van der Waals surface area contributed by atoms with Gasteiger partial charge in [0.25, 0.3) is 5.91 Å². The molecule has 0 bridgehead atoms. The predicted molar refractivity (Wildman–Crippen MR) is 107 cm³/mol. The molecule has 3 rings (SSSR count). The number of carbonyl (C=O) groups is 3. The molecule has 6 nitrogen and oxygen atoms in total. The number of hydrogen-bond acceptors (Lipinski definition) is 3. The molecule has 1 aliphatic rings. The summed E-state index contributed by atoms with van der Waals surface area (Å²) in [6.45, 7) is 1.25. The van der Waals surface area contributed by atoms with Gasteiger partial charge in [-0.05, 0) is 30.7 Å². The molecule has 8 heteroatoms. The molecule has 1 N–H and O–H groups in total. The first-order valence-corrected chi connectivity index (χ1v) is 9.32. The van der Waals surface area contributed by atoms with Gasteiger partial charge in [-0.15, -0.1) is 0 Å². The maximum absolute atomic E-state index is 12.9. The lowest BCUT2D eigenvalue weighted by atomic mass is 9.92. The van der Waals surface area contributed by atoms with Crippen LogP contribution in [0, 0.1) is 0 Å². The van der Waals surface area contributed by atoms with Crippen molar-refractivity contribution in [2.75, 3.05) is 18.5 Å². The second-order valence-electron chi connectivity index (χ2n) is 6.36. The zero-order valence-electron chi connectivity index (χ0n) is 14.7. The van der Waals surface area contributed by atoms with Crippen LogP contribution >= 0.6 is 27.5 Å². The Hall–Kier alpha value is -2.38. The molecular weight excluding hydrogens is 434 g/mol. The molecule has 0 saturated carbocycles. The number of halogens is 2. The third-order valence-corrected chi connectivity index (χ3v) is 5.36. The SMILES string of the molecule is CN(C(=O)CN1C(=O)NC(C)(c2ccccc2)C1=O)c1ccc(Br)cc1Cl. The summed E-state index contributed by atoms with van der Waals surface area (Å²) in [5, 5.41) is 3.06. The number of imide groups is 1. The number of anilines is 1. The highest BCUT2D eigenvalue weighted by molar-refractivity contribution is 9.10. The molecule has 0 aliphatic carbocycles. The molecule has 1 heterocycles. The molecular formula is C19H17BrClN3O3. The number of rotatable bonds is 4. The minimum absolute atomic E-state index is 0.379. The van der Waals surface area contributed by atoms with E-state index in [1.54, 1.807) is 56.4 Å². The van der Waals surface area contributed by atoms with E-state index in [1.807, 2.05) is 6.07 Å². The number of benzene rings is 2. The van der Waals surface area contributed by atoms with E-state index in [0.29, 0.717) is 16.3 Å². The highest BCUT2D eigenvalue weighted by atomic mass is 79.9. The van der Waals surface area contributed by atoms with E-state index in [-0.39, 0.29) is 6.54 Å². The van der Waals surface area contributed by atoms with E-state index in [0.717, 1.165) is 9.37 Å². The summed E-state index contributed by atoms with van der Waals surface area (Å²) < 4.78 is 0.782. The van der Waals surface area contributed by atoms with Crippen LogP contribution in [0.2, 0.25) is 5.02 Å². The summed E-state index contributed by atoms with van der Waals surface area (Å²) >= 11 is 9.49. The number of urea groups is 1. The van der Waals surface area contributed by atoms with Gasteiger partial charge in [-0.3, -0.25) is 14.5 Å². The second-order valence-corrected chi connectivity index (χ2v) is 7.68. The molecule has 1 saturated heterocycles. The van der Waals surface area contributed by atoms with E-state index in [4.69, 9.17) is 11.6 Å². The molecule has 0 radical (unpaired) electrons. The Morgan fingerprint density at radius 2 is 1.89 bits per heavy atom. The quantitative estimate of drug-likeness (QED) is 0.725. The van der Waals surface area contributed by atoms with Crippen molar-refractivity contribution in [1.82, 2.24) is 10.2 Å². The Balaban J connectivity index is 1.80. The van der Waals surface area contributed by atoms with Crippen LogP contribution in [0.15, 0.2) is 53.0 Å². The fourth-order valence-electron chi connectivity index (χ4n) is 2.94. The molecule has 27 heavy (non-hydrogen) atoms. The van der Waals surface area contributed by atoms with Crippen molar-refractivity contribution < 1.29 is 14.4 Å². The fraction of sp³-hybridized carbons (Fsp3) is 0.211. The van der Waals surface area contributed by atoms with Crippen LogP contribution in [0.3, 0.4) is 0 Å². The first-order valence-electron chi connectivity index (χ1n) is 8.15. The van der Waals surface area contributed by atoms with Gasteiger partial charge in [-0.1, -0.05) is 57.9 Å². The Labute approximate surface area is 170 Å². The smallest absolute Gasteiger partial charge is 0.319 e. The normalized spacial score (nSPS) is 19.2. The van der Waals surface area contributed by atoms with Crippen molar-refractivity contribution in [3.8, 4) is 0 Å². The van der Waals surface area contributed by atoms with E-state index < -0.39 is 23.4 Å². The van der Waals surface area contributed by atoms with Crippen molar-refractivity contribution >= 4 is 51.1 Å². The van der Waals surface area contributed by atoms with Gasteiger partial charge in [0.1, 0.15) is 12.1 Å². The number of nitrogens with zero attached hydrogens (tertiary/aromatic N) is 2. The van der Waals surface area contributed by atoms with Gasteiger partial charge >= 0.3 is 6.03 Å². The summed E-state index contributed by atoms with van der Waals surface area (Å²) in [7, 11) is 1.55. The van der Waals surface area contributed by atoms with Crippen molar-refractivity contribution in [1.29, 1.82) is 0 Å². The lowest BCUT2D eigenvalue weighted by Gasteiger charge is -2.23. The number of amides is 4. The highest BCUT2D eigenvalue weighted by Crippen LogP contribution is 2.30. The number of nitrogens with one attached hydrogen (secondary N) is 1. The lowest BCUT2D eigenvalue weighted by Crippen LogP contribution is -2.43. The largest absolute Gasteiger partial charge is 0.325 e. The zero-order chi connectivity index (χ0) is 19.8.